The highest BCUT2D eigenvalue weighted by Crippen LogP contribution is 2.53. The SMILES string of the molecule is N=C(N)c1ccc2c(c1)C1c3ccccc3CCC1C(c1cccn1-c1ccc(Cl)cc1)N2. The summed E-state index contributed by atoms with van der Waals surface area (Å²) in [5, 5.41) is 12.6. The Morgan fingerprint density at radius 2 is 1.79 bits per heavy atom. The minimum Gasteiger partial charge on any atom is -0.384 e. The van der Waals surface area contributed by atoms with Gasteiger partial charge in [-0.2, -0.15) is 0 Å². The number of nitrogens with zero attached hydrogens (tertiary/aromatic N) is 1. The number of hydrogen-bond donors (Lipinski definition) is 3. The third kappa shape index (κ3) is 3.33. The third-order valence-corrected chi connectivity index (χ3v) is 7.46. The normalized spacial score (nSPS) is 20.8. The first-order chi connectivity index (χ1) is 16.1. The van der Waals surface area contributed by atoms with Crippen molar-refractivity contribution in [1.29, 1.82) is 5.41 Å². The molecule has 0 saturated carbocycles. The van der Waals surface area contributed by atoms with Crippen LogP contribution >= 0.6 is 11.6 Å². The molecule has 0 bridgehead atoms. The molecule has 0 fully saturated rings. The summed E-state index contributed by atoms with van der Waals surface area (Å²) in [6, 6.07) is 27.4. The van der Waals surface area contributed by atoms with E-state index in [0.29, 0.717) is 5.92 Å². The third-order valence-electron chi connectivity index (χ3n) is 7.21. The molecule has 1 aromatic heterocycles. The van der Waals surface area contributed by atoms with Crippen LogP contribution in [0.1, 0.15) is 46.3 Å². The maximum Gasteiger partial charge on any atom is 0.122 e. The fourth-order valence-corrected chi connectivity index (χ4v) is 5.84. The highest BCUT2D eigenvalue weighted by atomic mass is 35.5. The largest absolute Gasteiger partial charge is 0.384 e. The highest BCUT2D eigenvalue weighted by Gasteiger charge is 2.42. The molecular weight excluding hydrogens is 428 g/mol. The Morgan fingerprint density at radius 1 is 0.970 bits per heavy atom. The second kappa shape index (κ2) is 7.82. The molecule has 0 spiro atoms. The second-order valence-corrected chi connectivity index (χ2v) is 9.43. The van der Waals surface area contributed by atoms with E-state index >= 15 is 0 Å². The molecule has 5 heteroatoms. The molecule has 4 nitrogen and oxygen atoms in total. The molecule has 3 unspecified atom stereocenters. The van der Waals surface area contributed by atoms with Gasteiger partial charge in [-0.3, -0.25) is 5.41 Å². The number of fused-ring (bicyclic) bond motifs is 5. The lowest BCUT2D eigenvalue weighted by Crippen LogP contribution is -2.36. The standard InChI is InChI=1S/C28H25ClN4/c29-19-9-11-20(12-10-19)33-15-3-6-25(33)27-22-13-7-17-4-1-2-5-21(17)26(22)23-16-18(28(30)31)8-14-24(23)32-27/h1-6,8-12,14-16,22,26-27,32H,7,13H2,(H3,30,31). The summed E-state index contributed by atoms with van der Waals surface area (Å²) in [5.74, 6) is 0.747. The van der Waals surface area contributed by atoms with E-state index in [2.05, 4.69) is 76.7 Å². The summed E-state index contributed by atoms with van der Waals surface area (Å²) in [6.07, 6.45) is 4.29. The van der Waals surface area contributed by atoms with Gasteiger partial charge >= 0.3 is 0 Å². The molecule has 33 heavy (non-hydrogen) atoms. The molecule has 0 amide bonds. The maximum absolute atomic E-state index is 7.97. The van der Waals surface area contributed by atoms with Gasteiger partial charge in [0.1, 0.15) is 5.84 Å². The number of nitrogen functional groups attached to an aromatic ring is 1. The van der Waals surface area contributed by atoms with Gasteiger partial charge in [-0.05, 0) is 90.0 Å². The molecule has 6 rings (SSSR count). The van der Waals surface area contributed by atoms with Crippen LogP contribution in [0.2, 0.25) is 5.02 Å². The number of benzene rings is 3. The molecule has 3 atom stereocenters. The van der Waals surface area contributed by atoms with Gasteiger partial charge in [0.25, 0.3) is 0 Å². The zero-order chi connectivity index (χ0) is 22.5. The lowest BCUT2D eigenvalue weighted by atomic mass is 9.66. The van der Waals surface area contributed by atoms with Crippen molar-refractivity contribution >= 4 is 23.1 Å². The van der Waals surface area contributed by atoms with Gasteiger partial charge < -0.3 is 15.6 Å². The van der Waals surface area contributed by atoms with E-state index in [0.717, 1.165) is 34.8 Å². The van der Waals surface area contributed by atoms with Crippen LogP contribution in [0.4, 0.5) is 5.69 Å². The van der Waals surface area contributed by atoms with Crippen molar-refractivity contribution in [3.05, 3.63) is 118 Å². The smallest absolute Gasteiger partial charge is 0.122 e. The first kappa shape index (κ1) is 20.1. The van der Waals surface area contributed by atoms with Crippen molar-refractivity contribution in [3.63, 3.8) is 0 Å². The molecule has 1 aliphatic heterocycles. The van der Waals surface area contributed by atoms with Crippen LogP contribution < -0.4 is 11.1 Å². The fourth-order valence-electron chi connectivity index (χ4n) is 5.71. The van der Waals surface area contributed by atoms with E-state index in [1.807, 2.05) is 18.2 Å². The summed E-state index contributed by atoms with van der Waals surface area (Å²) in [4.78, 5) is 0. The van der Waals surface area contributed by atoms with Gasteiger partial charge in [-0.1, -0.05) is 35.9 Å². The topological polar surface area (TPSA) is 66.8 Å². The first-order valence-corrected chi connectivity index (χ1v) is 11.7. The van der Waals surface area contributed by atoms with E-state index < -0.39 is 0 Å². The Labute approximate surface area is 198 Å². The first-order valence-electron chi connectivity index (χ1n) is 11.4. The number of nitrogens with two attached hydrogens (primary N) is 1. The molecule has 1 aliphatic carbocycles. The monoisotopic (exact) mass is 452 g/mol. The van der Waals surface area contributed by atoms with Crippen molar-refractivity contribution < 1.29 is 0 Å². The van der Waals surface area contributed by atoms with Crippen LogP contribution in [0.25, 0.3) is 5.69 Å². The number of anilines is 1. The summed E-state index contributed by atoms with van der Waals surface area (Å²) >= 11 is 6.15. The Morgan fingerprint density at radius 3 is 2.61 bits per heavy atom. The minimum absolute atomic E-state index is 0.109. The van der Waals surface area contributed by atoms with Crippen LogP contribution in [-0.4, -0.2) is 10.4 Å². The molecule has 3 aromatic carbocycles. The Bertz CT molecular complexity index is 1350. The zero-order valence-electron chi connectivity index (χ0n) is 18.1. The van der Waals surface area contributed by atoms with Gasteiger partial charge in [-0.25, -0.2) is 0 Å². The molecule has 2 aliphatic rings. The van der Waals surface area contributed by atoms with E-state index in [4.69, 9.17) is 22.7 Å². The number of aromatic nitrogens is 1. The van der Waals surface area contributed by atoms with Crippen molar-refractivity contribution in [1.82, 2.24) is 4.57 Å². The van der Waals surface area contributed by atoms with Crippen LogP contribution in [0.15, 0.2) is 85.1 Å². The van der Waals surface area contributed by atoms with Crippen LogP contribution in [0, 0.1) is 11.3 Å². The van der Waals surface area contributed by atoms with Crippen molar-refractivity contribution in [2.75, 3.05) is 5.32 Å². The van der Waals surface area contributed by atoms with Gasteiger partial charge in [0.2, 0.25) is 0 Å². The zero-order valence-corrected chi connectivity index (χ0v) is 18.9. The average Bonchev–Trinajstić information content (AvgIpc) is 3.33. The molecule has 164 valence electrons. The second-order valence-electron chi connectivity index (χ2n) is 9.00. The van der Waals surface area contributed by atoms with Crippen LogP contribution in [-0.2, 0) is 6.42 Å². The quantitative estimate of drug-likeness (QED) is 0.253. The fraction of sp³-hybridized carbons (Fsp3) is 0.179. The van der Waals surface area contributed by atoms with Crippen molar-refractivity contribution in [2.24, 2.45) is 11.7 Å². The minimum atomic E-state index is 0.109. The number of halogens is 1. The van der Waals surface area contributed by atoms with Gasteiger partial charge in [-0.15, -0.1) is 0 Å². The predicted molar refractivity (Wildman–Crippen MR) is 135 cm³/mol. The van der Waals surface area contributed by atoms with Gasteiger partial charge in [0.15, 0.2) is 0 Å². The van der Waals surface area contributed by atoms with Gasteiger partial charge in [0.05, 0.1) is 6.04 Å². The molecule has 4 aromatic rings. The van der Waals surface area contributed by atoms with Crippen LogP contribution in [0.5, 0.6) is 0 Å². The highest BCUT2D eigenvalue weighted by molar-refractivity contribution is 6.30. The molecule has 2 heterocycles. The Kier molecular flexibility index (Phi) is 4.77. The average molecular weight is 453 g/mol. The van der Waals surface area contributed by atoms with E-state index in [9.17, 15) is 0 Å². The molecule has 0 saturated heterocycles. The number of hydrogen-bond acceptors (Lipinski definition) is 2. The van der Waals surface area contributed by atoms with Crippen molar-refractivity contribution in [2.45, 2.75) is 24.8 Å². The summed E-state index contributed by atoms with van der Waals surface area (Å²) in [7, 11) is 0. The van der Waals surface area contributed by atoms with Crippen molar-refractivity contribution in [3.8, 4) is 5.69 Å². The Hall–Kier alpha value is -3.50. The van der Waals surface area contributed by atoms with E-state index in [-0.39, 0.29) is 17.8 Å². The van der Waals surface area contributed by atoms with Crippen LogP contribution in [0.3, 0.4) is 0 Å². The number of amidine groups is 1. The maximum atomic E-state index is 7.97. The molecule has 4 N–H and O–H groups in total. The predicted octanol–water partition coefficient (Wildman–Crippen LogP) is 6.28. The van der Waals surface area contributed by atoms with E-state index in [1.54, 1.807) is 0 Å². The summed E-state index contributed by atoms with van der Waals surface area (Å²) in [6.45, 7) is 0. The lowest BCUT2D eigenvalue weighted by Gasteiger charge is -2.44. The molecule has 0 radical (unpaired) electrons. The lowest BCUT2D eigenvalue weighted by molar-refractivity contribution is 0.342. The van der Waals surface area contributed by atoms with Gasteiger partial charge in [0, 0.05) is 39.8 Å². The molecular formula is C28H25ClN4. The summed E-state index contributed by atoms with van der Waals surface area (Å²) in [5.41, 5.74) is 14.2. The number of rotatable bonds is 3. The summed E-state index contributed by atoms with van der Waals surface area (Å²) < 4.78 is 2.26. The van der Waals surface area contributed by atoms with E-state index in [1.165, 1.54) is 22.4 Å². The number of nitrogens with one attached hydrogen (secondary N) is 2. The number of aryl methyl sites for hydroxylation is 1. The Balaban J connectivity index is 1.51.